The summed E-state index contributed by atoms with van der Waals surface area (Å²) in [6.07, 6.45) is 1.88. The number of piperidine rings is 1. The van der Waals surface area contributed by atoms with Crippen LogP contribution in [-0.4, -0.2) is 30.1 Å². The van der Waals surface area contributed by atoms with Gasteiger partial charge in [0, 0.05) is 29.3 Å². The molecule has 0 aromatic heterocycles. The number of nitrogens with two attached hydrogens (primary N) is 1. The van der Waals surface area contributed by atoms with Crippen LogP contribution in [-0.2, 0) is 0 Å². The molecule has 0 unspecified atom stereocenters. The summed E-state index contributed by atoms with van der Waals surface area (Å²) < 4.78 is 1.11. The average molecular weight is 326 g/mol. The monoisotopic (exact) mass is 325 g/mol. The van der Waals surface area contributed by atoms with Gasteiger partial charge in [0.2, 0.25) is 0 Å². The lowest BCUT2D eigenvalue weighted by Gasteiger charge is -2.32. The Morgan fingerprint density at radius 1 is 1.32 bits per heavy atom. The second-order valence-corrected chi connectivity index (χ2v) is 6.07. The molecule has 2 rings (SSSR count). The van der Waals surface area contributed by atoms with Gasteiger partial charge in [-0.25, -0.2) is 4.79 Å². The minimum atomic E-state index is -0.311. The van der Waals surface area contributed by atoms with E-state index in [-0.39, 0.29) is 6.03 Å². The third-order valence-electron chi connectivity index (χ3n) is 3.65. The van der Waals surface area contributed by atoms with E-state index in [4.69, 9.17) is 5.73 Å². The van der Waals surface area contributed by atoms with Crippen LogP contribution in [0.3, 0.4) is 0 Å². The Balaban J connectivity index is 2.02. The van der Waals surface area contributed by atoms with Crippen molar-refractivity contribution in [2.75, 3.05) is 18.4 Å². The summed E-state index contributed by atoms with van der Waals surface area (Å²) in [6, 6.07) is 4.34. The van der Waals surface area contributed by atoms with E-state index in [1.165, 1.54) is 16.8 Å². The third-order valence-corrected chi connectivity index (χ3v) is 4.11. The summed E-state index contributed by atoms with van der Waals surface area (Å²) in [4.78, 5) is 12.8. The first-order valence-electron chi connectivity index (χ1n) is 6.55. The second-order valence-electron chi connectivity index (χ2n) is 5.16. The molecule has 0 aliphatic carbocycles. The van der Waals surface area contributed by atoms with Gasteiger partial charge < -0.3 is 16.0 Å². The van der Waals surface area contributed by atoms with Gasteiger partial charge in [-0.15, -0.1) is 0 Å². The Bertz CT molecular complexity index is 459. The molecule has 0 atom stereocenters. The predicted octanol–water partition coefficient (Wildman–Crippen LogP) is 3.02. The number of primary amides is 1. The molecule has 0 spiro atoms. The number of aryl methyl sites for hydroxylation is 2. The summed E-state index contributed by atoms with van der Waals surface area (Å²) in [5.74, 6) is 0. The molecular formula is C14H20BrN3O. The van der Waals surface area contributed by atoms with Gasteiger partial charge in [-0.05, 0) is 49.9 Å². The molecule has 1 aromatic rings. The summed E-state index contributed by atoms with van der Waals surface area (Å²) >= 11 is 3.51. The van der Waals surface area contributed by atoms with Crippen LogP contribution < -0.4 is 11.1 Å². The topological polar surface area (TPSA) is 58.4 Å². The number of likely N-dealkylation sites (tertiary alicyclic amines) is 1. The Hall–Kier alpha value is -1.23. The van der Waals surface area contributed by atoms with Crippen molar-refractivity contribution in [2.24, 2.45) is 5.73 Å². The quantitative estimate of drug-likeness (QED) is 0.878. The smallest absolute Gasteiger partial charge is 0.314 e. The van der Waals surface area contributed by atoms with Gasteiger partial charge in [0.1, 0.15) is 0 Å². The van der Waals surface area contributed by atoms with Crippen LogP contribution in [0.5, 0.6) is 0 Å². The number of hydrogen-bond donors (Lipinski definition) is 2. The average Bonchev–Trinajstić information content (AvgIpc) is 2.34. The number of amides is 2. The lowest BCUT2D eigenvalue weighted by molar-refractivity contribution is 0.193. The number of benzene rings is 1. The summed E-state index contributed by atoms with van der Waals surface area (Å²) in [7, 11) is 0. The summed E-state index contributed by atoms with van der Waals surface area (Å²) in [5, 5.41) is 3.60. The number of carbonyl (C=O) groups is 1. The highest BCUT2D eigenvalue weighted by atomic mass is 79.9. The molecule has 104 valence electrons. The van der Waals surface area contributed by atoms with Crippen LogP contribution in [0.4, 0.5) is 10.5 Å². The fourth-order valence-corrected chi connectivity index (χ4v) is 3.27. The number of hydrogen-bond acceptors (Lipinski definition) is 2. The standard InChI is InChI=1S/C14H20BrN3O/c1-9-7-11(15)8-10(2)13(9)17-12-3-5-18(6-4-12)14(16)19/h7-8,12,17H,3-6H2,1-2H3,(H2,16,19). The molecule has 1 saturated heterocycles. The first-order chi connectivity index (χ1) is 8.97. The predicted molar refractivity (Wildman–Crippen MR) is 81.4 cm³/mol. The number of nitrogens with one attached hydrogen (secondary N) is 1. The third kappa shape index (κ3) is 3.41. The highest BCUT2D eigenvalue weighted by Gasteiger charge is 2.21. The number of halogens is 1. The SMILES string of the molecule is Cc1cc(Br)cc(C)c1NC1CCN(C(N)=O)CC1. The highest BCUT2D eigenvalue weighted by molar-refractivity contribution is 9.10. The van der Waals surface area contributed by atoms with Gasteiger partial charge >= 0.3 is 6.03 Å². The van der Waals surface area contributed by atoms with Gasteiger partial charge in [-0.2, -0.15) is 0 Å². The maximum Gasteiger partial charge on any atom is 0.314 e. The largest absolute Gasteiger partial charge is 0.382 e. The molecule has 1 aromatic carbocycles. The molecular weight excluding hydrogens is 306 g/mol. The van der Waals surface area contributed by atoms with Gasteiger partial charge in [0.05, 0.1) is 0 Å². The Morgan fingerprint density at radius 2 is 1.84 bits per heavy atom. The van der Waals surface area contributed by atoms with E-state index in [1.807, 2.05) is 0 Å². The van der Waals surface area contributed by atoms with Gasteiger partial charge in [0.25, 0.3) is 0 Å². The number of nitrogens with zero attached hydrogens (tertiary/aromatic N) is 1. The van der Waals surface area contributed by atoms with E-state index in [1.54, 1.807) is 4.90 Å². The fourth-order valence-electron chi connectivity index (χ4n) is 2.59. The summed E-state index contributed by atoms with van der Waals surface area (Å²) in [5.41, 5.74) is 8.98. The fraction of sp³-hybridized carbons (Fsp3) is 0.500. The van der Waals surface area contributed by atoms with Crippen LogP contribution in [0.2, 0.25) is 0 Å². The van der Waals surface area contributed by atoms with E-state index in [2.05, 4.69) is 47.2 Å². The van der Waals surface area contributed by atoms with E-state index in [0.29, 0.717) is 6.04 Å². The Morgan fingerprint density at radius 3 is 2.32 bits per heavy atom. The van der Waals surface area contributed by atoms with Gasteiger partial charge in [-0.3, -0.25) is 0 Å². The van der Waals surface area contributed by atoms with Crippen molar-refractivity contribution in [3.63, 3.8) is 0 Å². The minimum Gasteiger partial charge on any atom is -0.382 e. The normalized spacial score (nSPS) is 16.5. The van der Waals surface area contributed by atoms with Crippen LogP contribution >= 0.6 is 15.9 Å². The molecule has 2 amide bonds. The van der Waals surface area contributed by atoms with Crippen LogP contribution in [0, 0.1) is 13.8 Å². The molecule has 0 bridgehead atoms. The molecule has 4 nitrogen and oxygen atoms in total. The Kier molecular flexibility index (Phi) is 4.34. The van der Waals surface area contributed by atoms with Crippen molar-refractivity contribution >= 4 is 27.6 Å². The van der Waals surface area contributed by atoms with Crippen molar-refractivity contribution in [3.8, 4) is 0 Å². The number of carbonyl (C=O) groups excluding carboxylic acids is 1. The van der Waals surface area contributed by atoms with Crippen LogP contribution in [0.25, 0.3) is 0 Å². The maximum atomic E-state index is 11.1. The second kappa shape index (κ2) is 5.82. The lowest BCUT2D eigenvalue weighted by atomic mass is 10.0. The van der Waals surface area contributed by atoms with E-state index >= 15 is 0 Å². The Labute approximate surface area is 122 Å². The zero-order valence-electron chi connectivity index (χ0n) is 11.4. The van der Waals surface area contributed by atoms with Crippen molar-refractivity contribution < 1.29 is 4.79 Å². The zero-order valence-corrected chi connectivity index (χ0v) is 13.0. The van der Waals surface area contributed by atoms with E-state index < -0.39 is 0 Å². The first-order valence-corrected chi connectivity index (χ1v) is 7.34. The molecule has 0 saturated carbocycles. The summed E-state index contributed by atoms with van der Waals surface area (Å²) in [6.45, 7) is 5.69. The first kappa shape index (κ1) is 14.2. The van der Waals surface area contributed by atoms with Crippen LogP contribution in [0.1, 0.15) is 24.0 Å². The molecule has 0 radical (unpaired) electrons. The van der Waals surface area contributed by atoms with Gasteiger partial charge in [0.15, 0.2) is 0 Å². The highest BCUT2D eigenvalue weighted by Crippen LogP contribution is 2.27. The lowest BCUT2D eigenvalue weighted by Crippen LogP contribution is -2.44. The number of urea groups is 1. The molecule has 19 heavy (non-hydrogen) atoms. The molecule has 1 aliphatic rings. The molecule has 1 aliphatic heterocycles. The van der Waals surface area contributed by atoms with E-state index in [0.717, 1.165) is 30.4 Å². The van der Waals surface area contributed by atoms with Crippen molar-refractivity contribution in [3.05, 3.63) is 27.7 Å². The molecule has 1 heterocycles. The zero-order chi connectivity index (χ0) is 14.0. The van der Waals surface area contributed by atoms with E-state index in [9.17, 15) is 4.79 Å². The molecule has 1 fully saturated rings. The molecule has 5 heteroatoms. The number of anilines is 1. The van der Waals surface area contributed by atoms with Gasteiger partial charge in [-0.1, -0.05) is 15.9 Å². The van der Waals surface area contributed by atoms with Crippen molar-refractivity contribution in [1.82, 2.24) is 4.90 Å². The van der Waals surface area contributed by atoms with Crippen molar-refractivity contribution in [2.45, 2.75) is 32.7 Å². The van der Waals surface area contributed by atoms with Crippen molar-refractivity contribution in [1.29, 1.82) is 0 Å². The molecule has 3 N–H and O–H groups in total. The maximum absolute atomic E-state index is 11.1. The van der Waals surface area contributed by atoms with Crippen LogP contribution in [0.15, 0.2) is 16.6 Å². The number of rotatable bonds is 2. The minimum absolute atomic E-state index is 0.311.